The molecular weight excluding hydrogens is 374 g/mol. The Hall–Kier alpha value is -2.07. The number of rotatable bonds is 7. The molecule has 0 aliphatic rings. The van der Waals surface area contributed by atoms with Crippen LogP contribution >= 0.6 is 22.9 Å². The monoisotopic (exact) mass is 395 g/mol. The van der Waals surface area contributed by atoms with Gasteiger partial charge >= 0.3 is 0 Å². The molecule has 0 saturated heterocycles. The molecule has 0 aliphatic carbocycles. The number of aryl methyl sites for hydroxylation is 1. The molecule has 4 heteroatoms. The highest BCUT2D eigenvalue weighted by molar-refractivity contribution is 7.17. The van der Waals surface area contributed by atoms with Crippen LogP contribution < -0.4 is 5.32 Å². The molecule has 0 bridgehead atoms. The Morgan fingerprint density at radius 1 is 1.07 bits per heavy atom. The first kappa shape index (κ1) is 18.3. The Balaban J connectivity index is 1.30. The number of hydrogen-bond donors (Lipinski definition) is 1. The van der Waals surface area contributed by atoms with Gasteiger partial charge in [0.25, 0.3) is 0 Å². The molecular formula is C23H22ClNOS. The Morgan fingerprint density at radius 3 is 2.85 bits per heavy atom. The largest absolute Gasteiger partial charge is 0.461 e. The molecule has 2 nitrogen and oxygen atoms in total. The molecule has 2 heterocycles. The maximum Gasteiger partial charge on any atom is 0.134 e. The summed E-state index contributed by atoms with van der Waals surface area (Å²) in [5.41, 5.74) is 2.40. The van der Waals surface area contributed by atoms with Gasteiger partial charge in [-0.2, -0.15) is 0 Å². The summed E-state index contributed by atoms with van der Waals surface area (Å²) >= 11 is 7.88. The molecule has 4 rings (SSSR count). The predicted octanol–water partition coefficient (Wildman–Crippen LogP) is 7.10. The molecule has 1 atom stereocenters. The van der Waals surface area contributed by atoms with E-state index in [1.807, 2.05) is 41.7 Å². The number of furan rings is 1. The number of nitrogens with one attached hydrogen (secondary N) is 1. The van der Waals surface area contributed by atoms with E-state index in [1.165, 1.54) is 15.6 Å². The second-order valence-electron chi connectivity index (χ2n) is 6.74. The average molecular weight is 396 g/mol. The van der Waals surface area contributed by atoms with Crippen molar-refractivity contribution in [2.24, 2.45) is 0 Å². The van der Waals surface area contributed by atoms with Crippen LogP contribution in [0.5, 0.6) is 0 Å². The molecule has 0 fully saturated rings. The van der Waals surface area contributed by atoms with E-state index in [-0.39, 0.29) is 0 Å². The van der Waals surface area contributed by atoms with Gasteiger partial charge in [0.1, 0.15) is 11.5 Å². The molecule has 0 spiro atoms. The lowest BCUT2D eigenvalue weighted by molar-refractivity contribution is 0.496. The minimum absolute atomic E-state index is 0.347. The molecule has 138 valence electrons. The number of halogens is 1. The van der Waals surface area contributed by atoms with Crippen LogP contribution in [0.3, 0.4) is 0 Å². The number of thiophene rings is 1. The van der Waals surface area contributed by atoms with Crippen LogP contribution in [0.2, 0.25) is 5.02 Å². The number of benzene rings is 2. The number of hydrogen-bond acceptors (Lipinski definition) is 3. The van der Waals surface area contributed by atoms with Crippen molar-refractivity contribution in [2.45, 2.75) is 25.8 Å². The normalized spacial score (nSPS) is 12.5. The summed E-state index contributed by atoms with van der Waals surface area (Å²) in [5.74, 6) is 1.89. The van der Waals surface area contributed by atoms with Crippen LogP contribution in [0.15, 0.2) is 70.5 Å². The van der Waals surface area contributed by atoms with Gasteiger partial charge in [-0.25, -0.2) is 0 Å². The minimum Gasteiger partial charge on any atom is -0.461 e. The SMILES string of the molecule is CC(NCCCc1ccc(-c2cccc(Cl)c2)o1)c1csc2ccccc12. The fourth-order valence-corrected chi connectivity index (χ4v) is 4.58. The molecule has 1 unspecified atom stereocenters. The van der Waals surface area contributed by atoms with E-state index in [9.17, 15) is 0 Å². The van der Waals surface area contributed by atoms with Crippen LogP contribution in [0.1, 0.15) is 30.7 Å². The highest BCUT2D eigenvalue weighted by Gasteiger charge is 2.11. The lowest BCUT2D eigenvalue weighted by Crippen LogP contribution is -2.20. The van der Waals surface area contributed by atoms with Crippen molar-refractivity contribution >= 4 is 33.0 Å². The van der Waals surface area contributed by atoms with Crippen LogP contribution in [0.4, 0.5) is 0 Å². The van der Waals surface area contributed by atoms with Crippen molar-refractivity contribution in [1.29, 1.82) is 0 Å². The second kappa shape index (κ2) is 8.30. The molecule has 4 aromatic rings. The predicted molar refractivity (Wildman–Crippen MR) is 116 cm³/mol. The van der Waals surface area contributed by atoms with Crippen molar-refractivity contribution in [3.8, 4) is 11.3 Å². The van der Waals surface area contributed by atoms with Crippen LogP contribution in [-0.4, -0.2) is 6.54 Å². The molecule has 0 amide bonds. The average Bonchev–Trinajstić information content (AvgIpc) is 3.32. The third kappa shape index (κ3) is 4.27. The third-order valence-electron chi connectivity index (χ3n) is 4.80. The van der Waals surface area contributed by atoms with E-state index >= 15 is 0 Å². The first-order valence-corrected chi connectivity index (χ1v) is 10.5. The molecule has 27 heavy (non-hydrogen) atoms. The Kier molecular flexibility index (Phi) is 5.63. The minimum atomic E-state index is 0.347. The summed E-state index contributed by atoms with van der Waals surface area (Å²) < 4.78 is 7.33. The van der Waals surface area contributed by atoms with Gasteiger partial charge in [-0.1, -0.05) is 41.9 Å². The van der Waals surface area contributed by atoms with Crippen LogP contribution in [-0.2, 0) is 6.42 Å². The fraction of sp³-hybridized carbons (Fsp3) is 0.217. The zero-order valence-electron chi connectivity index (χ0n) is 15.2. The van der Waals surface area contributed by atoms with Gasteiger partial charge < -0.3 is 9.73 Å². The second-order valence-corrected chi connectivity index (χ2v) is 8.09. The van der Waals surface area contributed by atoms with Gasteiger partial charge in [-0.05, 0) is 66.6 Å². The van der Waals surface area contributed by atoms with E-state index in [0.717, 1.165) is 41.5 Å². The first-order valence-electron chi connectivity index (χ1n) is 9.25. The fourth-order valence-electron chi connectivity index (χ4n) is 3.33. The molecule has 1 N–H and O–H groups in total. The molecule has 0 radical (unpaired) electrons. The standard InChI is InChI=1S/C23H22ClNOS/c1-16(21-15-27-23-10-3-2-9-20(21)23)25-13-5-8-19-11-12-22(26-19)17-6-4-7-18(24)14-17/h2-4,6-7,9-12,14-16,25H,5,8,13H2,1H3. The van der Waals surface area contributed by atoms with E-state index in [2.05, 4.69) is 48.0 Å². The Labute approximate surface area is 168 Å². The highest BCUT2D eigenvalue weighted by Crippen LogP contribution is 2.30. The van der Waals surface area contributed by atoms with Gasteiger partial charge in [0, 0.05) is 27.7 Å². The summed E-state index contributed by atoms with van der Waals surface area (Å²) in [6, 6.07) is 20.8. The zero-order valence-corrected chi connectivity index (χ0v) is 16.8. The summed E-state index contributed by atoms with van der Waals surface area (Å²) in [4.78, 5) is 0. The van der Waals surface area contributed by atoms with E-state index < -0.39 is 0 Å². The lowest BCUT2D eigenvalue weighted by atomic mass is 10.1. The lowest BCUT2D eigenvalue weighted by Gasteiger charge is -2.13. The smallest absolute Gasteiger partial charge is 0.134 e. The summed E-state index contributed by atoms with van der Waals surface area (Å²) in [7, 11) is 0. The van der Waals surface area contributed by atoms with Crippen molar-refractivity contribution in [2.75, 3.05) is 6.54 Å². The van der Waals surface area contributed by atoms with Crippen molar-refractivity contribution in [3.05, 3.63) is 82.4 Å². The van der Waals surface area contributed by atoms with E-state index in [0.29, 0.717) is 6.04 Å². The number of fused-ring (bicyclic) bond motifs is 1. The van der Waals surface area contributed by atoms with Gasteiger partial charge in [0.15, 0.2) is 0 Å². The van der Waals surface area contributed by atoms with Crippen LogP contribution in [0, 0.1) is 0 Å². The quantitative estimate of drug-likeness (QED) is 0.337. The maximum absolute atomic E-state index is 6.06. The van der Waals surface area contributed by atoms with Crippen molar-refractivity contribution in [1.82, 2.24) is 5.32 Å². The summed E-state index contributed by atoms with van der Waals surface area (Å²) in [5, 5.41) is 8.00. The van der Waals surface area contributed by atoms with Crippen molar-refractivity contribution < 1.29 is 4.42 Å². The first-order chi connectivity index (χ1) is 13.2. The van der Waals surface area contributed by atoms with Gasteiger partial charge in [-0.15, -0.1) is 11.3 Å². The topological polar surface area (TPSA) is 25.2 Å². The van der Waals surface area contributed by atoms with E-state index in [1.54, 1.807) is 0 Å². The maximum atomic E-state index is 6.06. The zero-order chi connectivity index (χ0) is 18.6. The molecule has 0 saturated carbocycles. The Morgan fingerprint density at radius 2 is 1.96 bits per heavy atom. The van der Waals surface area contributed by atoms with Crippen molar-refractivity contribution in [3.63, 3.8) is 0 Å². The Bertz CT molecular complexity index is 1040. The summed E-state index contributed by atoms with van der Waals surface area (Å²) in [6.07, 6.45) is 1.96. The molecule has 0 aliphatic heterocycles. The molecule has 2 aromatic carbocycles. The molecule has 2 aromatic heterocycles. The highest BCUT2D eigenvalue weighted by atomic mass is 35.5. The van der Waals surface area contributed by atoms with Gasteiger partial charge in [0.2, 0.25) is 0 Å². The van der Waals surface area contributed by atoms with Gasteiger partial charge in [0.05, 0.1) is 0 Å². The van der Waals surface area contributed by atoms with E-state index in [4.69, 9.17) is 16.0 Å². The van der Waals surface area contributed by atoms with Gasteiger partial charge in [-0.3, -0.25) is 0 Å². The van der Waals surface area contributed by atoms with Crippen LogP contribution in [0.25, 0.3) is 21.4 Å². The third-order valence-corrected chi connectivity index (χ3v) is 6.02. The summed E-state index contributed by atoms with van der Waals surface area (Å²) in [6.45, 7) is 3.19.